The van der Waals surface area contributed by atoms with Crippen molar-refractivity contribution in [1.29, 1.82) is 0 Å². The molecule has 11 heteroatoms. The maximum absolute atomic E-state index is 13.4. The molecule has 5 atom stereocenters. The molecule has 10 nitrogen and oxygen atoms in total. The Morgan fingerprint density at radius 3 is 1.91 bits per heavy atom. The first kappa shape index (κ1) is 31.0. The largest absolute Gasteiger partial charge is 0.463 e. The van der Waals surface area contributed by atoms with Crippen LogP contribution in [0.1, 0.15) is 67.2 Å². The fourth-order valence-corrected chi connectivity index (χ4v) is 5.62. The third-order valence-electron chi connectivity index (χ3n) is 5.29. The van der Waals surface area contributed by atoms with Crippen LogP contribution in [0.2, 0.25) is 0 Å². The zero-order valence-electron chi connectivity index (χ0n) is 21.6. The predicted molar refractivity (Wildman–Crippen MR) is 128 cm³/mol. The Kier molecular flexibility index (Phi) is 15.1. The molecule has 0 aromatic heterocycles. The van der Waals surface area contributed by atoms with E-state index in [1.165, 1.54) is 13.8 Å². The number of amides is 1. The van der Waals surface area contributed by atoms with Crippen molar-refractivity contribution < 1.29 is 42.1 Å². The molecule has 200 valence electrons. The molecular formula is C23H44NO9P. The summed E-state index contributed by atoms with van der Waals surface area (Å²) in [5.74, 6) is -0.731. The number of esters is 1. The highest BCUT2D eigenvalue weighted by Crippen LogP contribution is 2.50. The van der Waals surface area contributed by atoms with Crippen LogP contribution in [0.15, 0.2) is 0 Å². The molecule has 0 aliphatic carbocycles. The van der Waals surface area contributed by atoms with Crippen molar-refractivity contribution in [3.63, 3.8) is 0 Å². The van der Waals surface area contributed by atoms with Gasteiger partial charge in [-0.2, -0.15) is 0 Å². The summed E-state index contributed by atoms with van der Waals surface area (Å²) in [6, 6.07) is -0.663. The minimum absolute atomic E-state index is 0.0589. The van der Waals surface area contributed by atoms with E-state index in [0.29, 0.717) is 13.2 Å². The van der Waals surface area contributed by atoms with Crippen LogP contribution in [0.25, 0.3) is 0 Å². The van der Waals surface area contributed by atoms with E-state index >= 15 is 0 Å². The summed E-state index contributed by atoms with van der Waals surface area (Å²) in [4.78, 5) is 23.7. The van der Waals surface area contributed by atoms with Crippen LogP contribution < -0.4 is 5.32 Å². The first-order valence-electron chi connectivity index (χ1n) is 12.4. The third kappa shape index (κ3) is 10.7. The van der Waals surface area contributed by atoms with Gasteiger partial charge < -0.3 is 33.3 Å². The number of unbranched alkanes of at least 4 members (excludes halogenated alkanes) is 2. The lowest BCUT2D eigenvalue weighted by Gasteiger charge is -2.47. The number of carbonyl (C=O) groups excluding carboxylic acids is 2. The van der Waals surface area contributed by atoms with Crippen LogP contribution >= 0.6 is 7.60 Å². The van der Waals surface area contributed by atoms with E-state index in [1.54, 1.807) is 13.8 Å². The van der Waals surface area contributed by atoms with Gasteiger partial charge in [-0.15, -0.1) is 0 Å². The number of hydrogen-bond donors (Lipinski definition) is 1. The molecule has 1 aliphatic heterocycles. The van der Waals surface area contributed by atoms with Crippen LogP contribution in [0.4, 0.5) is 0 Å². The van der Waals surface area contributed by atoms with Gasteiger partial charge in [0.05, 0.1) is 31.5 Å². The van der Waals surface area contributed by atoms with Gasteiger partial charge in [-0.1, -0.05) is 26.7 Å². The van der Waals surface area contributed by atoms with Crippen molar-refractivity contribution in [3.05, 3.63) is 0 Å². The molecule has 34 heavy (non-hydrogen) atoms. The Hall–Kier alpha value is -1.03. The number of hydrogen-bond acceptors (Lipinski definition) is 9. The summed E-state index contributed by atoms with van der Waals surface area (Å²) in [5.41, 5.74) is 0. The molecule has 1 aliphatic rings. The van der Waals surface area contributed by atoms with Crippen molar-refractivity contribution in [2.24, 2.45) is 0 Å². The Balaban J connectivity index is 3.35. The second-order valence-electron chi connectivity index (χ2n) is 8.25. The van der Waals surface area contributed by atoms with E-state index < -0.39 is 44.0 Å². The highest BCUT2D eigenvalue weighted by molar-refractivity contribution is 7.53. The van der Waals surface area contributed by atoms with Crippen LogP contribution in [-0.2, 0) is 42.1 Å². The van der Waals surface area contributed by atoms with Crippen LogP contribution in [-0.4, -0.2) is 81.5 Å². The first-order chi connectivity index (χ1) is 16.2. The maximum atomic E-state index is 13.4. The van der Waals surface area contributed by atoms with E-state index in [2.05, 4.69) is 19.2 Å². The second kappa shape index (κ2) is 16.6. The molecule has 0 aromatic carbocycles. The topological polar surface area (TPSA) is 119 Å². The van der Waals surface area contributed by atoms with Crippen molar-refractivity contribution in [2.75, 3.05) is 39.2 Å². The maximum Gasteiger partial charge on any atom is 0.333 e. The fourth-order valence-electron chi connectivity index (χ4n) is 3.80. The lowest BCUT2D eigenvalue weighted by molar-refractivity contribution is -0.222. The predicted octanol–water partition coefficient (Wildman–Crippen LogP) is 3.46. The first-order valence-corrected chi connectivity index (χ1v) is 14.1. The quantitative estimate of drug-likeness (QED) is 0.179. The second-order valence-corrected chi connectivity index (χ2v) is 10.4. The lowest BCUT2D eigenvalue weighted by atomic mass is 9.92. The van der Waals surface area contributed by atoms with Gasteiger partial charge in [0, 0.05) is 27.1 Å². The summed E-state index contributed by atoms with van der Waals surface area (Å²) < 4.78 is 48.3. The van der Waals surface area contributed by atoms with Gasteiger partial charge in [0.25, 0.3) is 0 Å². The molecule has 1 rings (SSSR count). The highest BCUT2D eigenvalue weighted by Gasteiger charge is 2.50. The molecule has 0 radical (unpaired) electrons. The summed E-state index contributed by atoms with van der Waals surface area (Å²) in [6.45, 7) is 11.6. The van der Waals surface area contributed by atoms with Crippen molar-refractivity contribution >= 4 is 19.5 Å². The van der Waals surface area contributed by atoms with E-state index in [0.717, 1.165) is 25.7 Å². The summed E-state index contributed by atoms with van der Waals surface area (Å²) in [6.07, 6.45) is 0.763. The van der Waals surface area contributed by atoms with E-state index in [9.17, 15) is 14.2 Å². The molecule has 0 bridgehead atoms. The van der Waals surface area contributed by atoms with Crippen molar-refractivity contribution in [1.82, 2.24) is 5.32 Å². The highest BCUT2D eigenvalue weighted by atomic mass is 31.2. The molecule has 1 fully saturated rings. The molecule has 1 saturated heterocycles. The van der Waals surface area contributed by atoms with Crippen molar-refractivity contribution in [3.8, 4) is 0 Å². The number of nitrogens with one attached hydrogen (secondary N) is 1. The lowest BCUT2D eigenvalue weighted by Crippen LogP contribution is -2.66. The average molecular weight is 510 g/mol. The summed E-state index contributed by atoms with van der Waals surface area (Å²) >= 11 is 0. The fraction of sp³-hybridized carbons (Fsp3) is 0.913. The Morgan fingerprint density at radius 2 is 1.44 bits per heavy atom. The molecule has 0 saturated carbocycles. The molecule has 0 spiro atoms. The van der Waals surface area contributed by atoms with Crippen molar-refractivity contribution in [2.45, 2.75) is 97.7 Å². The molecule has 1 amide bonds. The Bertz CT molecular complexity index is 638. The minimum atomic E-state index is -3.52. The zero-order valence-corrected chi connectivity index (χ0v) is 22.5. The minimum Gasteiger partial charge on any atom is -0.463 e. The number of ether oxygens (including phenoxy) is 4. The van der Waals surface area contributed by atoms with Crippen LogP contribution in [0.3, 0.4) is 0 Å². The molecule has 2 unspecified atom stereocenters. The molecule has 1 heterocycles. The standard InChI is InChI=1S/C23H44NO9P/c1-7-11-13-28-22-19(15-30-18(6)26)33-20(16-34(27,31-9-3)32-10-4)21(24-17(5)25)23(22)29-14-12-8-2/h19-23H,7-16H2,1-6H3,(H,24,25)/t19?,20-,21?,22-,23-/m1/s1. The molecule has 0 aromatic rings. The van der Waals surface area contributed by atoms with Crippen LogP contribution in [0.5, 0.6) is 0 Å². The van der Waals surface area contributed by atoms with Gasteiger partial charge in [-0.3, -0.25) is 14.2 Å². The van der Waals surface area contributed by atoms with Gasteiger partial charge in [0.2, 0.25) is 5.91 Å². The Morgan fingerprint density at radius 1 is 0.882 bits per heavy atom. The van der Waals surface area contributed by atoms with Gasteiger partial charge >= 0.3 is 13.6 Å². The zero-order chi connectivity index (χ0) is 25.6. The normalized spacial score (nSPS) is 25.2. The smallest absolute Gasteiger partial charge is 0.333 e. The third-order valence-corrected chi connectivity index (χ3v) is 7.40. The van der Waals surface area contributed by atoms with Gasteiger partial charge in [0.1, 0.15) is 24.9 Å². The average Bonchev–Trinajstić information content (AvgIpc) is 2.75. The number of carbonyl (C=O) groups is 2. The van der Waals surface area contributed by atoms with E-state index in [4.69, 9.17) is 28.0 Å². The summed E-state index contributed by atoms with van der Waals surface area (Å²) in [7, 11) is -3.52. The molecule has 1 N–H and O–H groups in total. The van der Waals surface area contributed by atoms with Gasteiger partial charge in [-0.05, 0) is 26.7 Å². The monoisotopic (exact) mass is 509 g/mol. The van der Waals surface area contributed by atoms with E-state index in [1.807, 2.05) is 0 Å². The van der Waals surface area contributed by atoms with Crippen LogP contribution in [0, 0.1) is 0 Å². The summed E-state index contributed by atoms with van der Waals surface area (Å²) in [5, 5.41) is 2.91. The Labute approximate surface area is 204 Å². The number of rotatable bonds is 17. The van der Waals surface area contributed by atoms with Gasteiger partial charge in [-0.25, -0.2) is 0 Å². The van der Waals surface area contributed by atoms with E-state index in [-0.39, 0.29) is 31.9 Å². The van der Waals surface area contributed by atoms with Gasteiger partial charge in [0.15, 0.2) is 0 Å². The SMILES string of the molecule is CCCCO[C@@H]1C(COC(C)=O)O[C@H](CP(=O)(OCC)OCC)C(NC(C)=O)[C@H]1OCCCC. The molecular weight excluding hydrogens is 465 g/mol.